The number of likely N-dealkylation sites (tertiary alicyclic amines) is 1. The summed E-state index contributed by atoms with van der Waals surface area (Å²) < 4.78 is 2.41. The number of carbonyl (C=O) groups is 2. The van der Waals surface area contributed by atoms with Crippen molar-refractivity contribution in [1.29, 1.82) is 0 Å². The van der Waals surface area contributed by atoms with E-state index in [1.54, 1.807) is 0 Å². The number of hydrogen-bond donors (Lipinski definition) is 1. The molecule has 218 valence electrons. The second kappa shape index (κ2) is 12.0. The summed E-state index contributed by atoms with van der Waals surface area (Å²) in [5.74, 6) is 3.78. The smallest absolute Gasteiger partial charge is 0.236 e. The van der Waals surface area contributed by atoms with Crippen LogP contribution in [0.3, 0.4) is 0 Å². The number of carbonyl (C=O) groups excluding carboxylic acids is 2. The first-order chi connectivity index (χ1) is 19.2. The van der Waals surface area contributed by atoms with E-state index < -0.39 is 0 Å². The predicted molar refractivity (Wildman–Crippen MR) is 158 cm³/mol. The number of amides is 2. The fraction of sp³-hybridized carbons (Fsp3) is 0.688. The summed E-state index contributed by atoms with van der Waals surface area (Å²) in [5.41, 5.74) is 3.08. The normalized spacial score (nSPS) is 24.8. The third-order valence-electron chi connectivity index (χ3n) is 9.24. The van der Waals surface area contributed by atoms with Gasteiger partial charge < -0.3 is 14.8 Å². The van der Waals surface area contributed by atoms with Crippen molar-refractivity contribution >= 4 is 17.5 Å². The number of anilines is 1. The van der Waals surface area contributed by atoms with E-state index in [-0.39, 0.29) is 23.7 Å². The SMILES string of the molecule is CCN(CC)C(=O)CN1C[C@H](C(=O)Nc2ccc(C)cc2C)[C@@H](c2nnc(C3CC(CC(C)C)C3)n2C2CC2)C1. The molecule has 2 aliphatic carbocycles. The van der Waals surface area contributed by atoms with Crippen molar-refractivity contribution in [1.82, 2.24) is 24.6 Å². The average Bonchev–Trinajstić information content (AvgIpc) is 3.49. The van der Waals surface area contributed by atoms with Gasteiger partial charge in [0.25, 0.3) is 0 Å². The lowest BCUT2D eigenvalue weighted by Crippen LogP contribution is -2.39. The Morgan fingerprint density at radius 2 is 1.75 bits per heavy atom. The molecule has 0 unspecified atom stereocenters. The Bertz CT molecular complexity index is 1210. The minimum Gasteiger partial charge on any atom is -0.342 e. The number of aryl methyl sites for hydroxylation is 2. The summed E-state index contributed by atoms with van der Waals surface area (Å²) in [5, 5.41) is 12.8. The van der Waals surface area contributed by atoms with Crippen LogP contribution in [0, 0.1) is 31.6 Å². The maximum absolute atomic E-state index is 13.9. The summed E-state index contributed by atoms with van der Waals surface area (Å²) >= 11 is 0. The zero-order chi connectivity index (χ0) is 28.6. The average molecular weight is 549 g/mol. The maximum atomic E-state index is 13.9. The van der Waals surface area contributed by atoms with E-state index in [1.807, 2.05) is 37.8 Å². The van der Waals surface area contributed by atoms with E-state index in [2.05, 4.69) is 41.6 Å². The Hall–Kier alpha value is -2.74. The number of benzene rings is 1. The van der Waals surface area contributed by atoms with Gasteiger partial charge in [0.2, 0.25) is 11.8 Å². The number of nitrogens with one attached hydrogen (secondary N) is 1. The van der Waals surface area contributed by atoms with Crippen LogP contribution >= 0.6 is 0 Å². The van der Waals surface area contributed by atoms with Gasteiger partial charge >= 0.3 is 0 Å². The highest BCUT2D eigenvalue weighted by Crippen LogP contribution is 2.48. The van der Waals surface area contributed by atoms with Gasteiger partial charge in [0.05, 0.1) is 12.5 Å². The van der Waals surface area contributed by atoms with Gasteiger partial charge in [0.1, 0.15) is 11.6 Å². The van der Waals surface area contributed by atoms with Crippen LogP contribution in [0.4, 0.5) is 5.69 Å². The highest BCUT2D eigenvalue weighted by molar-refractivity contribution is 5.94. The lowest BCUT2D eigenvalue weighted by atomic mass is 9.71. The molecule has 8 heteroatoms. The van der Waals surface area contributed by atoms with Gasteiger partial charge in [-0.3, -0.25) is 14.5 Å². The zero-order valence-corrected chi connectivity index (χ0v) is 25.3. The number of likely N-dealkylation sites (N-methyl/N-ethyl adjacent to an activating group) is 1. The molecule has 0 radical (unpaired) electrons. The van der Waals surface area contributed by atoms with Crippen LogP contribution < -0.4 is 5.32 Å². The molecule has 1 aromatic heterocycles. The fourth-order valence-electron chi connectivity index (χ4n) is 6.95. The topological polar surface area (TPSA) is 83.4 Å². The zero-order valence-electron chi connectivity index (χ0n) is 25.3. The van der Waals surface area contributed by atoms with Crippen molar-refractivity contribution in [2.24, 2.45) is 17.8 Å². The molecule has 2 atom stereocenters. The molecule has 2 aromatic rings. The standard InChI is InChI=1S/C32H48N6O2/c1-7-37(8-2)29(39)19-36-17-26(27(18-36)32(40)33-28-12-9-21(5)14-22(28)6)31-35-34-30(38(31)25-10-11-25)24-15-23(16-24)13-20(3)4/h9,12,14,20,23-27H,7-8,10-11,13,15-19H2,1-6H3,(H,33,40)/t23?,24?,26-,27-/m0/s1. The van der Waals surface area contributed by atoms with Crippen LogP contribution in [-0.2, 0) is 9.59 Å². The number of rotatable bonds is 11. The number of hydrogen-bond acceptors (Lipinski definition) is 5. The molecule has 8 nitrogen and oxygen atoms in total. The third-order valence-corrected chi connectivity index (χ3v) is 9.24. The Labute approximate surface area is 239 Å². The molecule has 1 saturated heterocycles. The molecule has 1 aliphatic heterocycles. The quantitative estimate of drug-likeness (QED) is 0.412. The van der Waals surface area contributed by atoms with Crippen molar-refractivity contribution in [3.63, 3.8) is 0 Å². The minimum atomic E-state index is -0.296. The molecule has 2 saturated carbocycles. The number of aromatic nitrogens is 3. The first kappa shape index (κ1) is 28.8. The molecular formula is C32H48N6O2. The molecular weight excluding hydrogens is 500 g/mol. The minimum absolute atomic E-state index is 0.00211. The van der Waals surface area contributed by atoms with E-state index in [0.717, 1.165) is 47.6 Å². The van der Waals surface area contributed by atoms with E-state index in [4.69, 9.17) is 10.2 Å². The summed E-state index contributed by atoms with van der Waals surface area (Å²) in [4.78, 5) is 30.9. The van der Waals surface area contributed by atoms with Crippen molar-refractivity contribution in [3.05, 3.63) is 41.0 Å². The van der Waals surface area contributed by atoms with Gasteiger partial charge in [-0.2, -0.15) is 0 Å². The van der Waals surface area contributed by atoms with Crippen molar-refractivity contribution in [2.75, 3.05) is 38.0 Å². The predicted octanol–water partition coefficient (Wildman–Crippen LogP) is 5.29. The monoisotopic (exact) mass is 548 g/mol. The Kier molecular flexibility index (Phi) is 8.64. The van der Waals surface area contributed by atoms with E-state index >= 15 is 0 Å². The Balaban J connectivity index is 1.40. The van der Waals surface area contributed by atoms with Crippen LogP contribution in [0.1, 0.15) is 100 Å². The fourth-order valence-corrected chi connectivity index (χ4v) is 6.95. The van der Waals surface area contributed by atoms with Gasteiger partial charge in [0.15, 0.2) is 0 Å². The van der Waals surface area contributed by atoms with E-state index in [1.165, 1.54) is 24.8 Å². The molecule has 3 aliphatic rings. The van der Waals surface area contributed by atoms with Crippen molar-refractivity contribution < 1.29 is 9.59 Å². The molecule has 5 rings (SSSR count). The maximum Gasteiger partial charge on any atom is 0.236 e. The highest BCUT2D eigenvalue weighted by atomic mass is 16.2. The summed E-state index contributed by atoms with van der Waals surface area (Å²) in [6.07, 6.45) is 5.95. The lowest BCUT2D eigenvalue weighted by molar-refractivity contribution is -0.132. The number of nitrogens with zero attached hydrogens (tertiary/aromatic N) is 5. The van der Waals surface area contributed by atoms with Gasteiger partial charge in [-0.1, -0.05) is 31.5 Å². The molecule has 2 heterocycles. The molecule has 2 amide bonds. The largest absolute Gasteiger partial charge is 0.342 e. The lowest BCUT2D eigenvalue weighted by Gasteiger charge is -2.36. The van der Waals surface area contributed by atoms with E-state index in [9.17, 15) is 9.59 Å². The van der Waals surface area contributed by atoms with Crippen LogP contribution in [0.25, 0.3) is 0 Å². The molecule has 1 aromatic carbocycles. The van der Waals surface area contributed by atoms with E-state index in [0.29, 0.717) is 44.7 Å². The van der Waals surface area contributed by atoms with Gasteiger partial charge in [0, 0.05) is 49.7 Å². The molecule has 1 N–H and O–H groups in total. The summed E-state index contributed by atoms with van der Waals surface area (Å²) in [7, 11) is 0. The first-order valence-electron chi connectivity index (χ1n) is 15.5. The Morgan fingerprint density at radius 1 is 1.05 bits per heavy atom. The van der Waals surface area contributed by atoms with Crippen LogP contribution in [-0.4, -0.2) is 69.1 Å². The molecule has 0 spiro atoms. The van der Waals surface area contributed by atoms with Crippen molar-refractivity contribution in [3.8, 4) is 0 Å². The summed E-state index contributed by atoms with van der Waals surface area (Å²) in [6, 6.07) is 6.56. The van der Waals surface area contributed by atoms with Crippen molar-refractivity contribution in [2.45, 2.75) is 91.5 Å². The Morgan fingerprint density at radius 3 is 2.38 bits per heavy atom. The molecule has 40 heavy (non-hydrogen) atoms. The van der Waals surface area contributed by atoms with Gasteiger partial charge in [-0.25, -0.2) is 0 Å². The van der Waals surface area contributed by atoms with Crippen LogP contribution in [0.5, 0.6) is 0 Å². The summed E-state index contributed by atoms with van der Waals surface area (Å²) in [6.45, 7) is 15.6. The molecule has 3 fully saturated rings. The van der Waals surface area contributed by atoms with Gasteiger partial charge in [-0.15, -0.1) is 10.2 Å². The molecule has 0 bridgehead atoms. The van der Waals surface area contributed by atoms with Crippen LogP contribution in [0.15, 0.2) is 18.2 Å². The highest BCUT2D eigenvalue weighted by Gasteiger charge is 2.45. The second-order valence-corrected chi connectivity index (χ2v) is 13.0. The van der Waals surface area contributed by atoms with Gasteiger partial charge in [-0.05, 0) is 83.3 Å². The third kappa shape index (κ3) is 6.12. The van der Waals surface area contributed by atoms with Crippen LogP contribution in [0.2, 0.25) is 0 Å². The second-order valence-electron chi connectivity index (χ2n) is 13.0. The first-order valence-corrected chi connectivity index (χ1v) is 15.5.